The molecule has 2 aromatic carbocycles. The van der Waals surface area contributed by atoms with Gasteiger partial charge in [-0.15, -0.1) is 0 Å². The van der Waals surface area contributed by atoms with E-state index in [0.717, 1.165) is 0 Å². The molecule has 4 rings (SSSR count). The molecule has 30 heavy (non-hydrogen) atoms. The van der Waals surface area contributed by atoms with Crippen molar-refractivity contribution >= 4 is 23.2 Å². The maximum absolute atomic E-state index is 13.5. The normalized spacial score (nSPS) is 20.6. The van der Waals surface area contributed by atoms with Crippen molar-refractivity contribution in [3.63, 3.8) is 0 Å². The second kappa shape index (κ2) is 8.01. The number of hydrogen-bond donors (Lipinski definition) is 3. The zero-order chi connectivity index (χ0) is 21.4. The summed E-state index contributed by atoms with van der Waals surface area (Å²) in [5, 5.41) is 15.7. The Bertz CT molecular complexity index is 1030. The number of hydrogen-bond acceptors (Lipinski definition) is 6. The molecule has 0 aromatic heterocycles. The van der Waals surface area contributed by atoms with E-state index in [2.05, 4.69) is 10.6 Å². The van der Waals surface area contributed by atoms with E-state index in [1.165, 1.54) is 0 Å². The Kier molecular flexibility index (Phi) is 5.40. The number of fused-ring (bicyclic) bond motifs is 2. The maximum Gasteiger partial charge on any atom is 0.256 e. The van der Waals surface area contributed by atoms with Gasteiger partial charge in [0, 0.05) is 48.4 Å². The van der Waals surface area contributed by atoms with Gasteiger partial charge in [0.15, 0.2) is 11.6 Å². The molecule has 2 atom stereocenters. The molecule has 7 heteroatoms. The highest BCUT2D eigenvalue weighted by atomic mass is 16.3. The third-order valence-corrected chi connectivity index (χ3v) is 5.76. The number of aliphatic hydroxyl groups is 1. The Hall–Kier alpha value is -3.03. The second-order valence-corrected chi connectivity index (χ2v) is 7.88. The third-order valence-electron chi connectivity index (χ3n) is 5.76. The number of benzene rings is 2. The number of aliphatic hydroxyl groups excluding tert-OH is 1. The molecule has 156 valence electrons. The van der Waals surface area contributed by atoms with Crippen molar-refractivity contribution in [2.45, 2.75) is 25.9 Å². The van der Waals surface area contributed by atoms with E-state index in [-0.39, 0.29) is 53.8 Å². The smallest absolute Gasteiger partial charge is 0.256 e. The highest BCUT2D eigenvalue weighted by Crippen LogP contribution is 2.35. The molecule has 1 saturated heterocycles. The second-order valence-electron chi connectivity index (χ2n) is 7.88. The van der Waals surface area contributed by atoms with E-state index < -0.39 is 0 Å². The summed E-state index contributed by atoms with van der Waals surface area (Å²) >= 11 is 0. The van der Waals surface area contributed by atoms with E-state index >= 15 is 0 Å². The molecule has 1 aliphatic carbocycles. The minimum absolute atomic E-state index is 0.00603. The summed E-state index contributed by atoms with van der Waals surface area (Å²) in [6.45, 7) is 5.21. The van der Waals surface area contributed by atoms with Crippen LogP contribution in [0, 0.1) is 0 Å². The number of anilines is 1. The Balaban J connectivity index is 1.84. The van der Waals surface area contributed by atoms with Gasteiger partial charge in [-0.25, -0.2) is 0 Å². The molecule has 0 saturated carbocycles. The lowest BCUT2D eigenvalue weighted by Gasteiger charge is -2.38. The zero-order valence-electron chi connectivity index (χ0n) is 17.1. The van der Waals surface area contributed by atoms with Crippen molar-refractivity contribution in [1.29, 1.82) is 0 Å². The van der Waals surface area contributed by atoms with E-state index in [4.69, 9.17) is 0 Å². The van der Waals surface area contributed by atoms with Crippen molar-refractivity contribution in [2.24, 2.45) is 0 Å². The summed E-state index contributed by atoms with van der Waals surface area (Å²) in [5.74, 6) is -0.731. The molecule has 1 amide bonds. The molecule has 0 unspecified atom stereocenters. The summed E-state index contributed by atoms with van der Waals surface area (Å²) in [6, 6.07) is 10.0. The lowest BCUT2D eigenvalue weighted by molar-refractivity contribution is 0.0617. The highest BCUT2D eigenvalue weighted by molar-refractivity contribution is 6.31. The van der Waals surface area contributed by atoms with Crippen LogP contribution in [0.25, 0.3) is 0 Å². The number of carbonyl (C=O) groups excluding carboxylic acids is 3. The first-order valence-electron chi connectivity index (χ1n) is 10.2. The van der Waals surface area contributed by atoms with Crippen molar-refractivity contribution < 1.29 is 19.5 Å². The first kappa shape index (κ1) is 20.3. The summed E-state index contributed by atoms with van der Waals surface area (Å²) in [4.78, 5) is 41.6. The first-order valence-corrected chi connectivity index (χ1v) is 10.2. The predicted octanol–water partition coefficient (Wildman–Crippen LogP) is 1.69. The van der Waals surface area contributed by atoms with Gasteiger partial charge < -0.3 is 20.6 Å². The SMILES string of the molecule is C[C@@H]1CN(C(=O)c2ccc3c(c2NCCO)C(=O)c2ccccc2C3=O)[C@H](C)CN1. The lowest BCUT2D eigenvalue weighted by Crippen LogP contribution is -2.56. The summed E-state index contributed by atoms with van der Waals surface area (Å²) < 4.78 is 0. The maximum atomic E-state index is 13.5. The van der Waals surface area contributed by atoms with Crippen molar-refractivity contribution in [1.82, 2.24) is 10.2 Å². The standard InChI is InChI=1S/C23H25N3O4/c1-13-12-26(14(2)11-25-13)23(30)18-8-7-17-19(20(18)24-9-10-27)22(29)16-6-4-3-5-15(16)21(17)28/h3-8,13-14,24-25,27H,9-12H2,1-2H3/t13-,14-/m1/s1. The average Bonchev–Trinajstić information content (AvgIpc) is 2.76. The number of ketones is 2. The summed E-state index contributed by atoms with van der Waals surface area (Å²) in [6.07, 6.45) is 0. The van der Waals surface area contributed by atoms with Crippen LogP contribution in [0.3, 0.4) is 0 Å². The lowest BCUT2D eigenvalue weighted by atomic mass is 9.82. The van der Waals surface area contributed by atoms with Crippen molar-refractivity contribution in [2.75, 3.05) is 31.6 Å². The topological polar surface area (TPSA) is 98.7 Å². The molecule has 3 N–H and O–H groups in total. The Morgan fingerprint density at radius 1 is 1.10 bits per heavy atom. The fourth-order valence-corrected chi connectivity index (χ4v) is 4.19. The van der Waals surface area contributed by atoms with Crippen LogP contribution in [-0.4, -0.2) is 65.8 Å². The monoisotopic (exact) mass is 407 g/mol. The molecule has 0 bridgehead atoms. The Morgan fingerprint density at radius 3 is 2.50 bits per heavy atom. The Labute approximate surface area is 175 Å². The van der Waals surface area contributed by atoms with Gasteiger partial charge in [-0.3, -0.25) is 14.4 Å². The molecule has 0 spiro atoms. The molecule has 1 aliphatic heterocycles. The van der Waals surface area contributed by atoms with Gasteiger partial charge in [-0.05, 0) is 26.0 Å². The van der Waals surface area contributed by atoms with Crippen LogP contribution >= 0.6 is 0 Å². The van der Waals surface area contributed by atoms with Gasteiger partial charge in [-0.2, -0.15) is 0 Å². The number of carbonyl (C=O) groups is 3. The van der Waals surface area contributed by atoms with Crippen molar-refractivity contribution in [3.8, 4) is 0 Å². The van der Waals surface area contributed by atoms with Crippen LogP contribution in [-0.2, 0) is 0 Å². The number of piperazine rings is 1. The minimum Gasteiger partial charge on any atom is -0.395 e. The van der Waals surface area contributed by atoms with E-state index in [1.54, 1.807) is 41.3 Å². The highest BCUT2D eigenvalue weighted by Gasteiger charge is 2.35. The predicted molar refractivity (Wildman–Crippen MR) is 113 cm³/mol. The largest absolute Gasteiger partial charge is 0.395 e. The van der Waals surface area contributed by atoms with E-state index in [1.807, 2.05) is 13.8 Å². The van der Waals surface area contributed by atoms with Crippen LogP contribution < -0.4 is 10.6 Å². The van der Waals surface area contributed by atoms with Crippen molar-refractivity contribution in [3.05, 3.63) is 64.2 Å². The molecular formula is C23H25N3O4. The van der Waals surface area contributed by atoms with Gasteiger partial charge in [0.05, 0.1) is 23.4 Å². The minimum atomic E-state index is -0.294. The Morgan fingerprint density at radius 2 is 1.80 bits per heavy atom. The number of nitrogens with one attached hydrogen (secondary N) is 2. The van der Waals surface area contributed by atoms with Crippen LogP contribution in [0.15, 0.2) is 36.4 Å². The van der Waals surface area contributed by atoms with Crippen LogP contribution in [0.1, 0.15) is 56.0 Å². The first-order chi connectivity index (χ1) is 14.4. The third kappa shape index (κ3) is 3.30. The molecule has 7 nitrogen and oxygen atoms in total. The quantitative estimate of drug-likeness (QED) is 0.609. The fraction of sp³-hybridized carbons (Fsp3) is 0.348. The fourth-order valence-electron chi connectivity index (χ4n) is 4.19. The molecule has 1 fully saturated rings. The van der Waals surface area contributed by atoms with Gasteiger partial charge in [0.2, 0.25) is 0 Å². The molecule has 2 aromatic rings. The van der Waals surface area contributed by atoms with E-state index in [9.17, 15) is 19.5 Å². The number of amides is 1. The average molecular weight is 407 g/mol. The zero-order valence-corrected chi connectivity index (χ0v) is 17.1. The molecule has 2 aliphatic rings. The van der Waals surface area contributed by atoms with Crippen LogP contribution in [0.2, 0.25) is 0 Å². The van der Waals surface area contributed by atoms with Gasteiger partial charge in [0.25, 0.3) is 5.91 Å². The van der Waals surface area contributed by atoms with Crippen LogP contribution in [0.4, 0.5) is 5.69 Å². The molecule has 0 radical (unpaired) electrons. The molecule has 1 heterocycles. The van der Waals surface area contributed by atoms with E-state index in [0.29, 0.717) is 35.5 Å². The summed E-state index contributed by atoms with van der Waals surface area (Å²) in [7, 11) is 0. The number of rotatable bonds is 4. The van der Waals surface area contributed by atoms with Gasteiger partial charge in [-0.1, -0.05) is 24.3 Å². The van der Waals surface area contributed by atoms with Gasteiger partial charge in [0.1, 0.15) is 0 Å². The van der Waals surface area contributed by atoms with Gasteiger partial charge >= 0.3 is 0 Å². The summed E-state index contributed by atoms with van der Waals surface area (Å²) in [5.41, 5.74) is 1.83. The molecular weight excluding hydrogens is 382 g/mol. The van der Waals surface area contributed by atoms with Crippen LogP contribution in [0.5, 0.6) is 0 Å². The number of nitrogens with zero attached hydrogens (tertiary/aromatic N) is 1.